The van der Waals surface area contributed by atoms with E-state index in [-0.39, 0.29) is 17.7 Å². The normalized spacial score (nSPS) is 10.2. The van der Waals surface area contributed by atoms with Crippen molar-refractivity contribution in [3.63, 3.8) is 0 Å². The summed E-state index contributed by atoms with van der Waals surface area (Å²) in [4.78, 5) is 22.1. The predicted octanol–water partition coefficient (Wildman–Crippen LogP) is 2.31. The van der Waals surface area contributed by atoms with E-state index in [1.807, 2.05) is 0 Å². The zero-order valence-corrected chi connectivity index (χ0v) is 8.57. The van der Waals surface area contributed by atoms with Crippen molar-refractivity contribution in [1.82, 2.24) is 0 Å². The molecule has 86 valence electrons. The van der Waals surface area contributed by atoms with E-state index in [0.29, 0.717) is 0 Å². The Kier molecular flexibility index (Phi) is 4.10. The summed E-state index contributed by atoms with van der Waals surface area (Å²) < 4.78 is 28.8. The Labute approximate surface area is 91.0 Å². The van der Waals surface area contributed by atoms with Gasteiger partial charge in [0.15, 0.2) is 0 Å². The van der Waals surface area contributed by atoms with Crippen molar-refractivity contribution in [2.75, 3.05) is 6.61 Å². The molecule has 0 aromatic heterocycles. The molecule has 3 nitrogen and oxygen atoms in total. The van der Waals surface area contributed by atoms with Crippen LogP contribution in [-0.4, -0.2) is 24.8 Å². The number of ketones is 1. The third-order valence-corrected chi connectivity index (χ3v) is 1.88. The fraction of sp³-hybridized carbons (Fsp3) is 0.273. The van der Waals surface area contributed by atoms with Crippen LogP contribution in [0.1, 0.15) is 27.6 Å². The molecule has 0 saturated heterocycles. The van der Waals surface area contributed by atoms with Gasteiger partial charge in [-0.25, -0.2) is 13.6 Å². The van der Waals surface area contributed by atoms with Gasteiger partial charge in [0.2, 0.25) is 5.78 Å². The molecule has 0 spiro atoms. The summed E-state index contributed by atoms with van der Waals surface area (Å²) in [6, 6.07) is 4.93. The Balaban J connectivity index is 2.83. The van der Waals surface area contributed by atoms with Gasteiger partial charge in [-0.3, -0.25) is 4.79 Å². The summed E-state index contributed by atoms with van der Waals surface area (Å²) in [7, 11) is 0. The first-order chi connectivity index (χ1) is 7.56. The minimum Gasteiger partial charge on any atom is -0.462 e. The standard InChI is InChI=1S/C11H10F2O3/c1-2-16-11(15)8-5-3-7(4-6-8)9(14)10(12)13/h3-6,10H,2H2,1H3. The van der Waals surface area contributed by atoms with Gasteiger partial charge in [0.05, 0.1) is 12.2 Å². The summed E-state index contributed by atoms with van der Waals surface area (Å²) in [5.74, 6) is -1.80. The first-order valence-electron chi connectivity index (χ1n) is 4.65. The van der Waals surface area contributed by atoms with Crippen LogP contribution in [-0.2, 0) is 4.74 Å². The molecule has 0 saturated carbocycles. The van der Waals surface area contributed by atoms with Crippen LogP contribution >= 0.6 is 0 Å². The van der Waals surface area contributed by atoms with Crippen molar-refractivity contribution in [3.8, 4) is 0 Å². The van der Waals surface area contributed by atoms with E-state index in [1.165, 1.54) is 24.3 Å². The van der Waals surface area contributed by atoms with Crippen LogP contribution in [0.2, 0.25) is 0 Å². The molecule has 0 atom stereocenters. The number of hydrogen-bond acceptors (Lipinski definition) is 3. The molecule has 1 rings (SSSR count). The number of ether oxygens (including phenoxy) is 1. The first kappa shape index (κ1) is 12.3. The average Bonchev–Trinajstić information content (AvgIpc) is 2.28. The third kappa shape index (κ3) is 2.85. The van der Waals surface area contributed by atoms with Gasteiger partial charge in [0.25, 0.3) is 0 Å². The van der Waals surface area contributed by atoms with E-state index < -0.39 is 18.2 Å². The number of esters is 1. The van der Waals surface area contributed by atoms with Crippen molar-refractivity contribution >= 4 is 11.8 Å². The molecule has 0 aliphatic carbocycles. The zero-order chi connectivity index (χ0) is 12.1. The highest BCUT2D eigenvalue weighted by molar-refractivity contribution is 5.99. The lowest BCUT2D eigenvalue weighted by Crippen LogP contribution is -2.11. The number of hydrogen-bond donors (Lipinski definition) is 0. The number of halogens is 2. The van der Waals surface area contributed by atoms with E-state index in [4.69, 9.17) is 4.74 Å². The molecule has 0 amide bonds. The maximum atomic E-state index is 12.1. The third-order valence-electron chi connectivity index (χ3n) is 1.88. The van der Waals surface area contributed by atoms with Crippen molar-refractivity contribution in [2.45, 2.75) is 13.3 Å². The highest BCUT2D eigenvalue weighted by Crippen LogP contribution is 2.10. The average molecular weight is 228 g/mol. The number of alkyl halides is 2. The molecule has 0 fully saturated rings. The largest absolute Gasteiger partial charge is 0.462 e. The maximum Gasteiger partial charge on any atom is 0.338 e. The predicted molar refractivity (Wildman–Crippen MR) is 52.7 cm³/mol. The van der Waals surface area contributed by atoms with Gasteiger partial charge in [0.1, 0.15) is 0 Å². The minimum atomic E-state index is -3.03. The van der Waals surface area contributed by atoms with Crippen LogP contribution in [0.15, 0.2) is 24.3 Å². The molecule has 1 aromatic carbocycles. The van der Waals surface area contributed by atoms with Crippen LogP contribution in [0.3, 0.4) is 0 Å². The highest BCUT2D eigenvalue weighted by atomic mass is 19.3. The number of carbonyl (C=O) groups is 2. The summed E-state index contributed by atoms with van der Waals surface area (Å²) in [5, 5.41) is 0. The summed E-state index contributed by atoms with van der Waals surface area (Å²) in [6.07, 6.45) is -3.03. The molecule has 5 heteroatoms. The van der Waals surface area contributed by atoms with Crippen molar-refractivity contribution in [1.29, 1.82) is 0 Å². The second kappa shape index (κ2) is 5.34. The van der Waals surface area contributed by atoms with E-state index in [1.54, 1.807) is 6.92 Å². The minimum absolute atomic E-state index is 0.122. The SMILES string of the molecule is CCOC(=O)c1ccc(C(=O)C(F)F)cc1. The Morgan fingerprint density at radius 2 is 1.69 bits per heavy atom. The van der Waals surface area contributed by atoms with Gasteiger partial charge in [-0.1, -0.05) is 12.1 Å². The van der Waals surface area contributed by atoms with Crippen molar-refractivity contribution in [2.24, 2.45) is 0 Å². The van der Waals surface area contributed by atoms with Crippen LogP contribution in [0, 0.1) is 0 Å². The fourth-order valence-corrected chi connectivity index (χ4v) is 1.11. The highest BCUT2D eigenvalue weighted by Gasteiger charge is 2.17. The molecule has 16 heavy (non-hydrogen) atoms. The van der Waals surface area contributed by atoms with Crippen LogP contribution < -0.4 is 0 Å². The van der Waals surface area contributed by atoms with Gasteiger partial charge in [-0.15, -0.1) is 0 Å². The summed E-state index contributed by atoms with van der Waals surface area (Å²) in [6.45, 7) is 1.89. The quantitative estimate of drug-likeness (QED) is 0.586. The maximum absolute atomic E-state index is 12.1. The molecular formula is C11H10F2O3. The second-order valence-corrected chi connectivity index (χ2v) is 2.96. The van der Waals surface area contributed by atoms with Gasteiger partial charge in [-0.2, -0.15) is 0 Å². The lowest BCUT2D eigenvalue weighted by atomic mass is 10.1. The Bertz CT molecular complexity index is 385. The molecular weight excluding hydrogens is 218 g/mol. The van der Waals surface area contributed by atoms with Crippen LogP contribution in [0.4, 0.5) is 8.78 Å². The number of rotatable bonds is 4. The molecule has 0 heterocycles. The Morgan fingerprint density at radius 3 is 2.12 bits per heavy atom. The van der Waals surface area contributed by atoms with Gasteiger partial charge in [0, 0.05) is 5.56 Å². The Hall–Kier alpha value is -1.78. The van der Waals surface area contributed by atoms with E-state index in [9.17, 15) is 18.4 Å². The van der Waals surface area contributed by atoms with E-state index >= 15 is 0 Å². The topological polar surface area (TPSA) is 43.4 Å². The zero-order valence-electron chi connectivity index (χ0n) is 8.57. The van der Waals surface area contributed by atoms with Crippen LogP contribution in [0.5, 0.6) is 0 Å². The molecule has 0 aliphatic heterocycles. The molecule has 0 N–H and O–H groups in total. The molecule has 0 radical (unpaired) electrons. The van der Waals surface area contributed by atoms with E-state index in [0.717, 1.165) is 0 Å². The number of benzene rings is 1. The van der Waals surface area contributed by atoms with Gasteiger partial charge < -0.3 is 4.74 Å². The smallest absolute Gasteiger partial charge is 0.338 e. The molecule has 0 aliphatic rings. The summed E-state index contributed by atoms with van der Waals surface area (Å²) in [5.41, 5.74) is 0.107. The van der Waals surface area contributed by atoms with Gasteiger partial charge >= 0.3 is 12.4 Å². The monoisotopic (exact) mass is 228 g/mol. The fourth-order valence-electron chi connectivity index (χ4n) is 1.11. The first-order valence-corrected chi connectivity index (χ1v) is 4.65. The van der Waals surface area contributed by atoms with Crippen molar-refractivity contribution in [3.05, 3.63) is 35.4 Å². The Morgan fingerprint density at radius 1 is 1.19 bits per heavy atom. The molecule has 0 unspecified atom stereocenters. The molecule has 1 aromatic rings. The molecule has 0 bridgehead atoms. The number of Topliss-reactive ketones (excluding diaryl/α,β-unsaturated/α-hetero) is 1. The van der Waals surface area contributed by atoms with Crippen molar-refractivity contribution < 1.29 is 23.1 Å². The second-order valence-electron chi connectivity index (χ2n) is 2.96. The lowest BCUT2D eigenvalue weighted by molar-refractivity contribution is 0.0526. The number of carbonyl (C=O) groups excluding carboxylic acids is 2. The van der Waals surface area contributed by atoms with E-state index in [2.05, 4.69) is 0 Å². The van der Waals surface area contributed by atoms with Crippen LogP contribution in [0.25, 0.3) is 0 Å². The van der Waals surface area contributed by atoms with Gasteiger partial charge in [-0.05, 0) is 19.1 Å². The lowest BCUT2D eigenvalue weighted by Gasteiger charge is -2.03. The summed E-state index contributed by atoms with van der Waals surface area (Å²) >= 11 is 0.